The van der Waals surface area contributed by atoms with E-state index in [4.69, 9.17) is 9.56 Å². The Balaban J connectivity index is 1.59. The molecule has 3 aromatic rings. The second kappa shape index (κ2) is 8.01. The Labute approximate surface area is 186 Å². The van der Waals surface area contributed by atoms with Crippen LogP contribution in [0.3, 0.4) is 0 Å². The predicted octanol–water partition coefficient (Wildman–Crippen LogP) is 4.42. The zero-order chi connectivity index (χ0) is 24.0. The number of hydrogen-bond acceptors (Lipinski definition) is 5. The number of primary sulfonamides is 1. The molecule has 0 fully saturated rings. The molecular formula is C22H16F3N3O4S. The Morgan fingerprint density at radius 1 is 1.06 bits per heavy atom. The molecule has 1 aliphatic heterocycles. The summed E-state index contributed by atoms with van der Waals surface area (Å²) in [5, 5.41) is 10.1. The molecule has 33 heavy (non-hydrogen) atoms. The van der Waals surface area contributed by atoms with Crippen LogP contribution in [0.5, 0.6) is 0 Å². The van der Waals surface area contributed by atoms with E-state index in [1.54, 1.807) is 19.1 Å². The highest BCUT2D eigenvalue weighted by Gasteiger charge is 2.33. The van der Waals surface area contributed by atoms with Crippen LogP contribution >= 0.6 is 0 Å². The van der Waals surface area contributed by atoms with Gasteiger partial charge >= 0.3 is 6.18 Å². The van der Waals surface area contributed by atoms with E-state index in [0.29, 0.717) is 22.8 Å². The average molecular weight is 475 g/mol. The minimum atomic E-state index is -4.55. The van der Waals surface area contributed by atoms with Gasteiger partial charge in [0.05, 0.1) is 27.4 Å². The number of anilines is 1. The second-order valence-electron chi connectivity index (χ2n) is 7.18. The fourth-order valence-electron chi connectivity index (χ4n) is 3.21. The standard InChI is InChI=1S/C22H16F3N3O4S/c1-13-19(21(29)28(27-13)16-4-2-3-15(11-16)22(23,24)25)12-17-7-10-20(32-17)14-5-8-18(9-6-14)33(26,30)31/h2-12H,1H3,(H2,26,30,31). The lowest BCUT2D eigenvalue weighted by Crippen LogP contribution is -2.21. The van der Waals surface area contributed by atoms with Crippen LogP contribution in [0.2, 0.25) is 0 Å². The number of sulfonamides is 1. The number of hydrogen-bond donors (Lipinski definition) is 1. The smallest absolute Gasteiger partial charge is 0.416 e. The number of amides is 1. The number of nitrogens with zero attached hydrogens (tertiary/aromatic N) is 2. The number of carbonyl (C=O) groups excluding carboxylic acids is 1. The first-order valence-electron chi connectivity index (χ1n) is 9.45. The predicted molar refractivity (Wildman–Crippen MR) is 116 cm³/mol. The molecule has 2 N–H and O–H groups in total. The fraction of sp³-hybridized carbons (Fsp3) is 0.0909. The molecular weight excluding hydrogens is 459 g/mol. The fourth-order valence-corrected chi connectivity index (χ4v) is 3.73. The van der Waals surface area contributed by atoms with Gasteiger partial charge in [-0.15, -0.1) is 0 Å². The van der Waals surface area contributed by atoms with Crippen LogP contribution in [0.4, 0.5) is 18.9 Å². The Morgan fingerprint density at radius 3 is 2.39 bits per heavy atom. The van der Waals surface area contributed by atoms with Gasteiger partial charge in [-0.3, -0.25) is 4.79 Å². The number of benzene rings is 2. The highest BCUT2D eigenvalue weighted by molar-refractivity contribution is 7.89. The van der Waals surface area contributed by atoms with Gasteiger partial charge in [-0.25, -0.2) is 13.6 Å². The van der Waals surface area contributed by atoms with Gasteiger partial charge in [0.25, 0.3) is 5.91 Å². The maximum atomic E-state index is 13.0. The summed E-state index contributed by atoms with van der Waals surface area (Å²) < 4.78 is 67.5. The average Bonchev–Trinajstić information content (AvgIpc) is 3.33. The summed E-state index contributed by atoms with van der Waals surface area (Å²) >= 11 is 0. The van der Waals surface area contributed by atoms with Gasteiger partial charge in [0.1, 0.15) is 11.5 Å². The largest absolute Gasteiger partial charge is 0.457 e. The van der Waals surface area contributed by atoms with E-state index in [1.165, 1.54) is 42.5 Å². The van der Waals surface area contributed by atoms with Crippen molar-refractivity contribution in [1.29, 1.82) is 0 Å². The quantitative estimate of drug-likeness (QED) is 0.564. The van der Waals surface area contributed by atoms with Crippen molar-refractivity contribution < 1.29 is 30.8 Å². The molecule has 0 spiro atoms. The molecule has 4 rings (SSSR count). The molecule has 0 atom stereocenters. The number of halogens is 3. The van der Waals surface area contributed by atoms with Crippen LogP contribution < -0.4 is 10.1 Å². The molecule has 0 radical (unpaired) electrons. The van der Waals surface area contributed by atoms with Crippen LogP contribution in [0.1, 0.15) is 18.2 Å². The summed E-state index contributed by atoms with van der Waals surface area (Å²) in [4.78, 5) is 12.8. The number of nitrogens with two attached hydrogens (primary N) is 1. The normalized spacial score (nSPS) is 15.9. The zero-order valence-electron chi connectivity index (χ0n) is 17.0. The first-order valence-corrected chi connectivity index (χ1v) is 11.0. The van der Waals surface area contributed by atoms with Crippen LogP contribution in [0.25, 0.3) is 17.4 Å². The van der Waals surface area contributed by atoms with E-state index in [9.17, 15) is 26.4 Å². The van der Waals surface area contributed by atoms with E-state index in [-0.39, 0.29) is 16.2 Å². The minimum absolute atomic E-state index is 0.00680. The zero-order valence-corrected chi connectivity index (χ0v) is 17.8. The van der Waals surface area contributed by atoms with E-state index >= 15 is 0 Å². The summed E-state index contributed by atoms with van der Waals surface area (Å²) in [7, 11) is -3.82. The molecule has 0 saturated carbocycles. The van der Waals surface area contributed by atoms with E-state index in [2.05, 4.69) is 5.10 Å². The third kappa shape index (κ3) is 4.59. The molecule has 1 amide bonds. The van der Waals surface area contributed by atoms with Crippen molar-refractivity contribution in [3.63, 3.8) is 0 Å². The molecule has 1 aliphatic rings. The molecule has 0 bridgehead atoms. The minimum Gasteiger partial charge on any atom is -0.457 e. The Kier molecular flexibility index (Phi) is 5.46. The van der Waals surface area contributed by atoms with Gasteiger partial charge in [-0.2, -0.15) is 23.3 Å². The van der Waals surface area contributed by atoms with E-state index < -0.39 is 27.7 Å². The van der Waals surface area contributed by atoms with E-state index in [1.807, 2.05) is 0 Å². The van der Waals surface area contributed by atoms with Crippen molar-refractivity contribution in [3.8, 4) is 11.3 Å². The third-order valence-corrected chi connectivity index (χ3v) is 5.79. The van der Waals surface area contributed by atoms with Crippen LogP contribution in [0.15, 0.2) is 80.7 Å². The molecule has 0 unspecified atom stereocenters. The van der Waals surface area contributed by atoms with Crippen molar-refractivity contribution in [3.05, 3.63) is 77.6 Å². The van der Waals surface area contributed by atoms with Gasteiger partial charge in [0, 0.05) is 5.56 Å². The summed E-state index contributed by atoms with van der Waals surface area (Å²) in [6.45, 7) is 1.56. The third-order valence-electron chi connectivity index (χ3n) is 4.86. The van der Waals surface area contributed by atoms with E-state index in [0.717, 1.165) is 17.1 Å². The summed E-state index contributed by atoms with van der Waals surface area (Å²) in [5.74, 6) is 0.129. The molecule has 7 nitrogen and oxygen atoms in total. The van der Waals surface area contributed by atoms with Crippen LogP contribution in [-0.2, 0) is 21.0 Å². The highest BCUT2D eigenvalue weighted by Crippen LogP contribution is 2.33. The van der Waals surface area contributed by atoms with Crippen molar-refractivity contribution >= 4 is 33.4 Å². The van der Waals surface area contributed by atoms with Crippen molar-refractivity contribution in [2.45, 2.75) is 18.0 Å². The first-order chi connectivity index (χ1) is 15.4. The first kappa shape index (κ1) is 22.5. The summed E-state index contributed by atoms with van der Waals surface area (Å²) in [5.41, 5.74) is 0.168. The topological polar surface area (TPSA) is 106 Å². The van der Waals surface area contributed by atoms with Gasteiger partial charge in [-0.1, -0.05) is 6.07 Å². The Hall–Kier alpha value is -3.70. The molecule has 0 saturated heterocycles. The Morgan fingerprint density at radius 2 is 1.76 bits per heavy atom. The number of hydrazone groups is 1. The van der Waals surface area contributed by atoms with Gasteiger partial charge in [0.15, 0.2) is 0 Å². The van der Waals surface area contributed by atoms with Crippen molar-refractivity contribution in [2.24, 2.45) is 10.2 Å². The lowest BCUT2D eigenvalue weighted by atomic mass is 10.1. The molecule has 2 aromatic carbocycles. The SMILES string of the molecule is CC1=NN(c2cccc(C(F)(F)F)c2)C(=O)C1=Cc1ccc(-c2ccc(S(N)(=O)=O)cc2)o1. The number of furan rings is 1. The number of rotatable bonds is 4. The molecule has 1 aromatic heterocycles. The lowest BCUT2D eigenvalue weighted by Gasteiger charge is -2.14. The van der Waals surface area contributed by atoms with Gasteiger partial charge in [-0.05, 0) is 67.6 Å². The van der Waals surface area contributed by atoms with Crippen molar-refractivity contribution in [1.82, 2.24) is 0 Å². The van der Waals surface area contributed by atoms with Gasteiger partial charge < -0.3 is 4.42 Å². The maximum absolute atomic E-state index is 13.0. The monoisotopic (exact) mass is 475 g/mol. The summed E-state index contributed by atoms with van der Waals surface area (Å²) in [6, 6.07) is 13.3. The number of carbonyl (C=O) groups is 1. The van der Waals surface area contributed by atoms with Crippen molar-refractivity contribution in [2.75, 3.05) is 5.01 Å². The molecule has 2 heterocycles. The summed E-state index contributed by atoms with van der Waals surface area (Å²) in [6.07, 6.45) is -3.11. The lowest BCUT2D eigenvalue weighted by molar-refractivity contribution is -0.137. The number of alkyl halides is 3. The van der Waals surface area contributed by atoms with Crippen LogP contribution in [0, 0.1) is 0 Å². The van der Waals surface area contributed by atoms with Gasteiger partial charge in [0.2, 0.25) is 10.0 Å². The second-order valence-corrected chi connectivity index (χ2v) is 8.74. The maximum Gasteiger partial charge on any atom is 0.416 e. The van der Waals surface area contributed by atoms with Crippen LogP contribution in [-0.4, -0.2) is 20.0 Å². The molecule has 170 valence electrons. The highest BCUT2D eigenvalue weighted by atomic mass is 32.2. The molecule has 0 aliphatic carbocycles. The Bertz CT molecular complexity index is 1410. The molecule has 11 heteroatoms.